The first-order valence-corrected chi connectivity index (χ1v) is 11.9. The average molecular weight is 518 g/mol. The summed E-state index contributed by atoms with van der Waals surface area (Å²) in [6.07, 6.45) is 2.83. The molecule has 0 spiro atoms. The number of rotatable bonds is 11. The van der Waals surface area contributed by atoms with Gasteiger partial charge in [-0.2, -0.15) is 4.37 Å². The first-order chi connectivity index (χ1) is 16.2. The van der Waals surface area contributed by atoms with Gasteiger partial charge in [0.2, 0.25) is 5.88 Å². The molecule has 5 N–H and O–H groups in total. The number of likely N-dealkylation sites (tertiary alicyclic amines) is 1. The fourth-order valence-corrected chi connectivity index (χ4v) is 4.44. The van der Waals surface area contributed by atoms with Crippen molar-refractivity contribution in [3.05, 3.63) is 39.9 Å². The summed E-state index contributed by atoms with van der Waals surface area (Å²) in [4.78, 5) is 26.4. The van der Waals surface area contributed by atoms with E-state index in [2.05, 4.69) is 19.9 Å². The SMILES string of the molecule is NC(=O)c1c(OCc2c(F)cc(Cl)cc2F)nsc1NC(=O)NCCC(O)CCN1CCCC1. The number of nitrogens with one attached hydrogen (secondary N) is 2. The highest BCUT2D eigenvalue weighted by molar-refractivity contribution is 7.11. The Hall–Kier alpha value is -2.54. The molecule has 2 heterocycles. The Kier molecular flexibility index (Phi) is 9.39. The van der Waals surface area contributed by atoms with Crippen LogP contribution in [0.3, 0.4) is 0 Å². The smallest absolute Gasteiger partial charge is 0.319 e. The summed E-state index contributed by atoms with van der Waals surface area (Å²) >= 11 is 6.33. The highest BCUT2D eigenvalue weighted by Gasteiger charge is 2.23. The monoisotopic (exact) mass is 517 g/mol. The Morgan fingerprint density at radius 1 is 1.26 bits per heavy atom. The molecule has 0 radical (unpaired) electrons. The van der Waals surface area contributed by atoms with E-state index in [4.69, 9.17) is 22.1 Å². The van der Waals surface area contributed by atoms with E-state index < -0.39 is 41.8 Å². The third-order valence-electron chi connectivity index (χ3n) is 5.33. The van der Waals surface area contributed by atoms with Crippen LogP contribution >= 0.6 is 23.1 Å². The highest BCUT2D eigenvalue weighted by Crippen LogP contribution is 2.31. The van der Waals surface area contributed by atoms with E-state index in [1.54, 1.807) is 0 Å². The standard InChI is InChI=1S/C21H26ClF2N5O4S/c22-12-9-15(23)14(16(24)10-12)11-33-19-17(18(25)31)20(34-28-19)27-21(32)26-5-3-13(30)4-8-29-6-1-2-7-29/h9-10,13,30H,1-8,11H2,(H2,25,31)(H2,26,27,32). The lowest BCUT2D eigenvalue weighted by Gasteiger charge is -2.17. The number of carbonyl (C=O) groups excluding carboxylic acids is 2. The maximum atomic E-state index is 14.0. The lowest BCUT2D eigenvalue weighted by atomic mass is 10.2. The van der Waals surface area contributed by atoms with Crippen molar-refractivity contribution in [2.75, 3.05) is 31.5 Å². The lowest BCUT2D eigenvalue weighted by Crippen LogP contribution is -2.32. The van der Waals surface area contributed by atoms with Crippen LogP contribution < -0.4 is 21.1 Å². The van der Waals surface area contributed by atoms with Crippen LogP contribution in [0.15, 0.2) is 12.1 Å². The Bertz CT molecular complexity index is 996. The first kappa shape index (κ1) is 26.1. The lowest BCUT2D eigenvalue weighted by molar-refractivity contribution is 0.0996. The van der Waals surface area contributed by atoms with Crippen LogP contribution in [0.5, 0.6) is 5.88 Å². The molecule has 0 aliphatic carbocycles. The van der Waals surface area contributed by atoms with Gasteiger partial charge in [-0.3, -0.25) is 10.1 Å². The van der Waals surface area contributed by atoms with E-state index in [-0.39, 0.29) is 28.0 Å². The van der Waals surface area contributed by atoms with Crippen molar-refractivity contribution in [1.82, 2.24) is 14.6 Å². The van der Waals surface area contributed by atoms with Crippen LogP contribution in [0.25, 0.3) is 0 Å². The molecule has 1 saturated heterocycles. The van der Waals surface area contributed by atoms with Crippen LogP contribution in [0.1, 0.15) is 41.6 Å². The normalized spacial score (nSPS) is 14.7. The number of ether oxygens (including phenoxy) is 1. The maximum absolute atomic E-state index is 14.0. The quantitative estimate of drug-likeness (QED) is 0.362. The number of anilines is 1. The number of urea groups is 1. The Balaban J connectivity index is 1.50. The molecule has 13 heteroatoms. The Labute approximate surface area is 204 Å². The van der Waals surface area contributed by atoms with Crippen molar-refractivity contribution in [2.45, 2.75) is 38.4 Å². The summed E-state index contributed by atoms with van der Waals surface area (Å²) in [6.45, 7) is 2.58. The topological polar surface area (TPSA) is 130 Å². The summed E-state index contributed by atoms with van der Waals surface area (Å²) in [6, 6.07) is 1.24. The molecule has 1 aromatic heterocycles. The minimum absolute atomic E-state index is 0.0200. The average Bonchev–Trinajstić information content (AvgIpc) is 3.41. The van der Waals surface area contributed by atoms with Gasteiger partial charge in [0.15, 0.2) is 0 Å². The van der Waals surface area contributed by atoms with Gasteiger partial charge >= 0.3 is 6.03 Å². The molecule has 1 aromatic carbocycles. The molecule has 34 heavy (non-hydrogen) atoms. The number of nitrogens with zero attached hydrogens (tertiary/aromatic N) is 2. The van der Waals surface area contributed by atoms with E-state index >= 15 is 0 Å². The summed E-state index contributed by atoms with van der Waals surface area (Å²) in [7, 11) is 0. The van der Waals surface area contributed by atoms with Gasteiger partial charge in [-0.1, -0.05) is 11.6 Å². The molecule has 1 atom stereocenters. The summed E-state index contributed by atoms with van der Waals surface area (Å²) in [5.41, 5.74) is 4.76. The summed E-state index contributed by atoms with van der Waals surface area (Å²) in [5.74, 6) is -3.03. The molecular formula is C21H26ClF2N5O4S. The molecule has 186 valence electrons. The van der Waals surface area contributed by atoms with Gasteiger partial charge in [0, 0.05) is 18.1 Å². The number of nitrogens with two attached hydrogens (primary N) is 1. The minimum Gasteiger partial charge on any atom is -0.471 e. The number of aliphatic hydroxyl groups excluding tert-OH is 1. The molecule has 3 amide bonds. The molecule has 3 rings (SSSR count). The van der Waals surface area contributed by atoms with Gasteiger partial charge in [0.1, 0.15) is 28.8 Å². The van der Waals surface area contributed by atoms with E-state index in [1.165, 1.54) is 12.8 Å². The fourth-order valence-electron chi connectivity index (χ4n) is 3.51. The number of aliphatic hydroxyl groups is 1. The second-order valence-electron chi connectivity index (χ2n) is 7.85. The zero-order valence-corrected chi connectivity index (χ0v) is 19.9. The van der Waals surface area contributed by atoms with Gasteiger partial charge in [-0.25, -0.2) is 13.6 Å². The summed E-state index contributed by atoms with van der Waals surface area (Å²) < 4.78 is 37.1. The third-order valence-corrected chi connectivity index (χ3v) is 6.30. The third kappa shape index (κ3) is 7.23. The van der Waals surface area contributed by atoms with Gasteiger partial charge in [0.05, 0.1) is 11.7 Å². The fraction of sp³-hybridized carbons (Fsp3) is 0.476. The second kappa shape index (κ2) is 12.2. The van der Waals surface area contributed by atoms with E-state index in [9.17, 15) is 23.5 Å². The molecule has 0 saturated carbocycles. The van der Waals surface area contributed by atoms with Crippen molar-refractivity contribution in [3.63, 3.8) is 0 Å². The van der Waals surface area contributed by atoms with E-state index in [0.29, 0.717) is 12.8 Å². The second-order valence-corrected chi connectivity index (χ2v) is 9.06. The molecule has 2 aromatic rings. The first-order valence-electron chi connectivity index (χ1n) is 10.8. The van der Waals surface area contributed by atoms with Crippen LogP contribution in [0, 0.1) is 11.6 Å². The molecule has 9 nitrogen and oxygen atoms in total. The largest absolute Gasteiger partial charge is 0.471 e. The van der Waals surface area contributed by atoms with Crippen molar-refractivity contribution >= 4 is 40.1 Å². The maximum Gasteiger partial charge on any atom is 0.319 e. The molecule has 1 unspecified atom stereocenters. The number of hydrogen-bond acceptors (Lipinski definition) is 7. The van der Waals surface area contributed by atoms with E-state index in [1.807, 2.05) is 0 Å². The van der Waals surface area contributed by atoms with E-state index in [0.717, 1.165) is 43.3 Å². The van der Waals surface area contributed by atoms with Crippen LogP contribution in [0.4, 0.5) is 18.6 Å². The van der Waals surface area contributed by atoms with Gasteiger partial charge in [-0.15, -0.1) is 0 Å². The molecule has 1 aliphatic rings. The molecular weight excluding hydrogens is 492 g/mol. The Morgan fingerprint density at radius 3 is 2.59 bits per heavy atom. The number of amides is 3. The number of primary amides is 1. The number of hydrogen-bond donors (Lipinski definition) is 4. The number of halogens is 3. The Morgan fingerprint density at radius 2 is 1.94 bits per heavy atom. The van der Waals surface area contributed by atoms with Crippen LogP contribution in [-0.4, -0.2) is 58.6 Å². The predicted molar refractivity (Wildman–Crippen MR) is 124 cm³/mol. The van der Waals surface area contributed by atoms with Crippen molar-refractivity contribution < 1.29 is 28.2 Å². The van der Waals surface area contributed by atoms with Gasteiger partial charge in [0.25, 0.3) is 5.91 Å². The zero-order valence-electron chi connectivity index (χ0n) is 18.3. The van der Waals surface area contributed by atoms with Crippen LogP contribution in [-0.2, 0) is 6.61 Å². The van der Waals surface area contributed by atoms with Crippen molar-refractivity contribution in [2.24, 2.45) is 5.73 Å². The number of aromatic nitrogens is 1. The van der Waals surface area contributed by atoms with Crippen molar-refractivity contribution in [3.8, 4) is 5.88 Å². The predicted octanol–water partition coefficient (Wildman–Crippen LogP) is 3.11. The van der Waals surface area contributed by atoms with Crippen LogP contribution in [0.2, 0.25) is 5.02 Å². The number of carbonyl (C=O) groups is 2. The molecule has 0 bridgehead atoms. The molecule has 1 aliphatic heterocycles. The molecule has 1 fully saturated rings. The van der Waals surface area contributed by atoms with Gasteiger partial charge < -0.3 is 25.8 Å². The zero-order chi connectivity index (χ0) is 24.7. The highest BCUT2D eigenvalue weighted by atomic mass is 35.5. The van der Waals surface area contributed by atoms with Crippen molar-refractivity contribution in [1.29, 1.82) is 0 Å². The minimum atomic E-state index is -0.937. The number of benzene rings is 1. The van der Waals surface area contributed by atoms with Gasteiger partial charge in [-0.05, 0) is 62.4 Å². The summed E-state index contributed by atoms with van der Waals surface area (Å²) in [5, 5.41) is 15.1.